The second-order valence-electron chi connectivity index (χ2n) is 5.48. The molecule has 1 aromatic carbocycles. The second kappa shape index (κ2) is 7.17. The third-order valence-electron chi connectivity index (χ3n) is 3.72. The van der Waals surface area contributed by atoms with Gasteiger partial charge in [0.15, 0.2) is 5.69 Å². The first-order valence-corrected chi connectivity index (χ1v) is 7.39. The maximum Gasteiger partial charge on any atom is 0.275 e. The molecule has 1 atom stereocenters. The monoisotopic (exact) mass is 303 g/mol. The van der Waals surface area contributed by atoms with Crippen LogP contribution in [0.5, 0.6) is 0 Å². The van der Waals surface area contributed by atoms with Crippen LogP contribution >= 0.6 is 0 Å². The van der Waals surface area contributed by atoms with Crippen molar-refractivity contribution in [3.63, 3.8) is 0 Å². The van der Waals surface area contributed by atoms with Crippen molar-refractivity contribution in [3.05, 3.63) is 40.2 Å². The van der Waals surface area contributed by atoms with E-state index in [1.165, 1.54) is 0 Å². The number of hydrogen-bond donors (Lipinski definition) is 2. The molecule has 0 bridgehead atoms. The molecule has 6 heteroatoms. The molecule has 0 fully saturated rings. The Morgan fingerprint density at radius 3 is 2.82 bits per heavy atom. The standard InChI is InChI=1S/C16H21N3O3/c1-11(8-10-20)7-9-17-16(22)14-15(21)12-5-3-4-6-13(12)19(2)18-14/h3-6,11,20H,7-10H2,1-2H3,(H,17,22). The van der Waals surface area contributed by atoms with Gasteiger partial charge in [-0.2, -0.15) is 5.10 Å². The highest BCUT2D eigenvalue weighted by Gasteiger charge is 2.16. The van der Waals surface area contributed by atoms with Crippen molar-refractivity contribution in [1.82, 2.24) is 15.1 Å². The summed E-state index contributed by atoms with van der Waals surface area (Å²) in [7, 11) is 1.71. The minimum Gasteiger partial charge on any atom is -0.396 e. The van der Waals surface area contributed by atoms with Gasteiger partial charge in [0.1, 0.15) is 0 Å². The molecule has 1 amide bonds. The number of hydrogen-bond acceptors (Lipinski definition) is 4. The number of fused-ring (bicyclic) bond motifs is 1. The number of aromatic nitrogens is 2. The Morgan fingerprint density at radius 1 is 1.36 bits per heavy atom. The molecule has 0 aliphatic rings. The Hall–Kier alpha value is -2.21. The van der Waals surface area contributed by atoms with E-state index in [2.05, 4.69) is 10.4 Å². The highest BCUT2D eigenvalue weighted by Crippen LogP contribution is 2.08. The summed E-state index contributed by atoms with van der Waals surface area (Å²) in [6.45, 7) is 2.61. The Morgan fingerprint density at radius 2 is 2.09 bits per heavy atom. The maximum absolute atomic E-state index is 12.4. The second-order valence-corrected chi connectivity index (χ2v) is 5.48. The minimum atomic E-state index is -0.456. The summed E-state index contributed by atoms with van der Waals surface area (Å²) in [5, 5.41) is 16.1. The fourth-order valence-electron chi connectivity index (χ4n) is 2.35. The summed E-state index contributed by atoms with van der Waals surface area (Å²) in [5.41, 5.74) is 0.256. The summed E-state index contributed by atoms with van der Waals surface area (Å²) < 4.78 is 1.54. The highest BCUT2D eigenvalue weighted by atomic mass is 16.3. The molecular weight excluding hydrogens is 282 g/mol. The lowest BCUT2D eigenvalue weighted by molar-refractivity contribution is 0.0943. The topological polar surface area (TPSA) is 84.2 Å². The molecular formula is C16H21N3O3. The van der Waals surface area contributed by atoms with Crippen molar-refractivity contribution < 1.29 is 9.90 Å². The van der Waals surface area contributed by atoms with Crippen LogP contribution in [0.15, 0.2) is 29.1 Å². The van der Waals surface area contributed by atoms with Crippen LogP contribution < -0.4 is 10.7 Å². The van der Waals surface area contributed by atoms with Gasteiger partial charge in [-0.05, 0) is 30.9 Å². The fourth-order valence-corrected chi connectivity index (χ4v) is 2.35. The first-order chi connectivity index (χ1) is 10.5. The third-order valence-corrected chi connectivity index (χ3v) is 3.72. The smallest absolute Gasteiger partial charge is 0.275 e. The van der Waals surface area contributed by atoms with Gasteiger partial charge < -0.3 is 10.4 Å². The van der Waals surface area contributed by atoms with Crippen LogP contribution in [-0.2, 0) is 7.05 Å². The number of amides is 1. The molecule has 1 aromatic heterocycles. The van der Waals surface area contributed by atoms with Gasteiger partial charge >= 0.3 is 0 Å². The number of para-hydroxylation sites is 1. The Balaban J connectivity index is 2.15. The number of aliphatic hydroxyl groups is 1. The molecule has 0 aliphatic heterocycles. The molecule has 6 nitrogen and oxygen atoms in total. The Bertz CT molecular complexity index is 724. The first kappa shape index (κ1) is 16.2. The molecule has 1 heterocycles. The predicted molar refractivity (Wildman–Crippen MR) is 84.8 cm³/mol. The number of carbonyl (C=O) groups is 1. The van der Waals surface area contributed by atoms with E-state index in [1.807, 2.05) is 13.0 Å². The van der Waals surface area contributed by atoms with E-state index in [0.717, 1.165) is 6.42 Å². The van der Waals surface area contributed by atoms with Gasteiger partial charge in [-0.1, -0.05) is 19.1 Å². The van der Waals surface area contributed by atoms with Gasteiger partial charge in [-0.25, -0.2) is 0 Å². The third kappa shape index (κ3) is 3.51. The van der Waals surface area contributed by atoms with Crippen LogP contribution in [0.1, 0.15) is 30.3 Å². The summed E-state index contributed by atoms with van der Waals surface area (Å²) in [4.78, 5) is 24.5. The number of benzene rings is 1. The highest BCUT2D eigenvalue weighted by molar-refractivity contribution is 5.95. The molecule has 0 spiro atoms. The van der Waals surface area contributed by atoms with E-state index in [9.17, 15) is 9.59 Å². The molecule has 0 saturated heterocycles. The van der Waals surface area contributed by atoms with E-state index in [0.29, 0.717) is 29.8 Å². The number of aliphatic hydroxyl groups excluding tert-OH is 1. The van der Waals surface area contributed by atoms with Crippen molar-refractivity contribution >= 4 is 16.8 Å². The van der Waals surface area contributed by atoms with Crippen LogP contribution in [0.3, 0.4) is 0 Å². The quantitative estimate of drug-likeness (QED) is 0.836. The van der Waals surface area contributed by atoms with Gasteiger partial charge in [-0.3, -0.25) is 14.3 Å². The Labute approximate surface area is 128 Å². The summed E-state index contributed by atoms with van der Waals surface area (Å²) >= 11 is 0. The lowest BCUT2D eigenvalue weighted by Gasteiger charge is -2.11. The van der Waals surface area contributed by atoms with Crippen LogP contribution in [0.25, 0.3) is 10.9 Å². The van der Waals surface area contributed by atoms with Crippen LogP contribution in [0.4, 0.5) is 0 Å². The normalized spacial score (nSPS) is 12.3. The van der Waals surface area contributed by atoms with Crippen LogP contribution in [-0.4, -0.2) is 33.9 Å². The van der Waals surface area contributed by atoms with E-state index < -0.39 is 5.91 Å². The lowest BCUT2D eigenvalue weighted by Crippen LogP contribution is -2.32. The van der Waals surface area contributed by atoms with Gasteiger partial charge in [0, 0.05) is 25.6 Å². The zero-order valence-corrected chi connectivity index (χ0v) is 12.9. The molecule has 118 valence electrons. The fraction of sp³-hybridized carbons (Fsp3) is 0.438. The van der Waals surface area contributed by atoms with Gasteiger partial charge in [-0.15, -0.1) is 0 Å². The van der Waals surface area contributed by atoms with Crippen molar-refractivity contribution in [2.75, 3.05) is 13.2 Å². The van der Waals surface area contributed by atoms with Crippen LogP contribution in [0, 0.1) is 5.92 Å². The minimum absolute atomic E-state index is 0.0870. The molecule has 0 aliphatic carbocycles. The zero-order valence-electron chi connectivity index (χ0n) is 12.9. The van der Waals surface area contributed by atoms with E-state index in [-0.39, 0.29) is 17.7 Å². The number of carbonyl (C=O) groups excluding carboxylic acids is 1. The first-order valence-electron chi connectivity index (χ1n) is 7.39. The lowest BCUT2D eigenvalue weighted by atomic mass is 10.0. The van der Waals surface area contributed by atoms with E-state index >= 15 is 0 Å². The van der Waals surface area contributed by atoms with Gasteiger partial charge in [0.05, 0.1) is 5.52 Å². The molecule has 1 unspecified atom stereocenters. The summed E-state index contributed by atoms with van der Waals surface area (Å²) in [6.07, 6.45) is 1.45. The predicted octanol–water partition coefficient (Wildman–Crippen LogP) is 1.07. The van der Waals surface area contributed by atoms with Crippen LogP contribution in [0.2, 0.25) is 0 Å². The number of rotatable bonds is 6. The summed E-state index contributed by atoms with van der Waals surface area (Å²) in [6, 6.07) is 7.08. The molecule has 22 heavy (non-hydrogen) atoms. The number of aryl methyl sites for hydroxylation is 1. The van der Waals surface area contributed by atoms with Crippen molar-refractivity contribution in [2.24, 2.45) is 13.0 Å². The maximum atomic E-state index is 12.4. The molecule has 0 radical (unpaired) electrons. The van der Waals surface area contributed by atoms with Crippen molar-refractivity contribution in [1.29, 1.82) is 0 Å². The van der Waals surface area contributed by atoms with Crippen molar-refractivity contribution in [3.8, 4) is 0 Å². The van der Waals surface area contributed by atoms with E-state index in [4.69, 9.17) is 5.11 Å². The van der Waals surface area contributed by atoms with Gasteiger partial charge in [0.2, 0.25) is 5.43 Å². The largest absolute Gasteiger partial charge is 0.396 e. The zero-order chi connectivity index (χ0) is 16.1. The average Bonchev–Trinajstić information content (AvgIpc) is 2.51. The van der Waals surface area contributed by atoms with E-state index in [1.54, 1.807) is 29.9 Å². The number of nitrogens with zero attached hydrogens (tertiary/aromatic N) is 2. The van der Waals surface area contributed by atoms with Gasteiger partial charge in [0.25, 0.3) is 5.91 Å². The molecule has 2 N–H and O–H groups in total. The molecule has 2 aromatic rings. The molecule has 0 saturated carbocycles. The SMILES string of the molecule is CC(CCO)CCNC(=O)c1nn(C)c2ccccc2c1=O. The average molecular weight is 303 g/mol. The summed E-state index contributed by atoms with van der Waals surface area (Å²) in [5.74, 6) is -0.139. The Kier molecular flexibility index (Phi) is 5.27. The molecule has 2 rings (SSSR count). The van der Waals surface area contributed by atoms with Crippen molar-refractivity contribution in [2.45, 2.75) is 19.8 Å². The number of nitrogens with one attached hydrogen (secondary N) is 1.